The van der Waals surface area contributed by atoms with Gasteiger partial charge in [0.15, 0.2) is 0 Å². The lowest BCUT2D eigenvalue weighted by Crippen LogP contribution is -2.55. The smallest absolute Gasteiger partial charge is 0.315 e. The Bertz CT molecular complexity index is 269. The van der Waals surface area contributed by atoms with Crippen LogP contribution in [0.1, 0.15) is 33.1 Å². The van der Waals surface area contributed by atoms with Gasteiger partial charge in [-0.1, -0.05) is 0 Å². The lowest BCUT2D eigenvalue weighted by Gasteiger charge is -2.43. The highest BCUT2D eigenvalue weighted by molar-refractivity contribution is 5.01. The van der Waals surface area contributed by atoms with Crippen LogP contribution in [-0.2, 0) is 0 Å². The number of halogens is 3. The first kappa shape index (κ1) is 13.1. The van der Waals surface area contributed by atoms with Gasteiger partial charge in [0.05, 0.1) is 5.92 Å². The fourth-order valence-electron chi connectivity index (χ4n) is 3.43. The van der Waals surface area contributed by atoms with Crippen molar-refractivity contribution in [2.75, 3.05) is 19.6 Å². The van der Waals surface area contributed by atoms with Gasteiger partial charge in [0.25, 0.3) is 0 Å². The molecule has 2 atom stereocenters. The number of hydrogen-bond acceptors (Lipinski definition) is 2. The van der Waals surface area contributed by atoms with Crippen molar-refractivity contribution in [3.8, 4) is 0 Å². The molecule has 2 saturated heterocycles. The predicted molar refractivity (Wildman–Crippen MR) is 60.8 cm³/mol. The molecule has 2 aliphatic rings. The molecule has 0 radical (unpaired) electrons. The summed E-state index contributed by atoms with van der Waals surface area (Å²) in [4.78, 5) is 2.07. The Morgan fingerprint density at radius 1 is 1.24 bits per heavy atom. The van der Waals surface area contributed by atoms with Gasteiger partial charge in [0.1, 0.15) is 0 Å². The van der Waals surface area contributed by atoms with E-state index in [-0.39, 0.29) is 12.5 Å². The molecule has 0 aromatic heterocycles. The fraction of sp³-hybridized carbons (Fsp3) is 1.00. The molecule has 5 heteroatoms. The Balaban J connectivity index is 2.10. The molecule has 1 N–H and O–H groups in total. The highest BCUT2D eigenvalue weighted by Crippen LogP contribution is 2.45. The topological polar surface area (TPSA) is 15.3 Å². The summed E-state index contributed by atoms with van der Waals surface area (Å²) in [6, 6.07) is 0.270. The van der Waals surface area contributed by atoms with Gasteiger partial charge >= 0.3 is 6.18 Å². The lowest BCUT2D eigenvalue weighted by molar-refractivity contribution is -0.193. The van der Waals surface area contributed by atoms with E-state index in [0.717, 1.165) is 25.9 Å². The van der Waals surface area contributed by atoms with Crippen LogP contribution in [0.4, 0.5) is 13.2 Å². The zero-order valence-corrected chi connectivity index (χ0v) is 10.5. The molecule has 0 spiro atoms. The Labute approximate surface area is 101 Å². The van der Waals surface area contributed by atoms with Crippen LogP contribution in [-0.4, -0.2) is 42.3 Å². The molecule has 2 heterocycles. The Morgan fingerprint density at radius 3 is 2.41 bits per heavy atom. The Kier molecular flexibility index (Phi) is 3.42. The fourth-order valence-corrected chi connectivity index (χ4v) is 3.43. The van der Waals surface area contributed by atoms with Crippen LogP contribution in [0.3, 0.4) is 0 Å². The minimum absolute atomic E-state index is 0.243. The molecule has 100 valence electrons. The number of alkyl halides is 3. The summed E-state index contributed by atoms with van der Waals surface area (Å²) in [5.41, 5.74) is -0.762. The summed E-state index contributed by atoms with van der Waals surface area (Å²) >= 11 is 0. The van der Waals surface area contributed by atoms with Crippen LogP contribution in [0.15, 0.2) is 0 Å². The van der Waals surface area contributed by atoms with Crippen molar-refractivity contribution in [1.82, 2.24) is 10.2 Å². The molecule has 2 nitrogen and oxygen atoms in total. The lowest BCUT2D eigenvalue weighted by atomic mass is 9.86. The van der Waals surface area contributed by atoms with E-state index in [1.807, 2.05) is 0 Å². The number of nitrogens with one attached hydrogen (secondary N) is 1. The van der Waals surface area contributed by atoms with E-state index in [9.17, 15) is 13.2 Å². The van der Waals surface area contributed by atoms with Gasteiger partial charge in [-0.2, -0.15) is 13.2 Å². The second-order valence-corrected chi connectivity index (χ2v) is 5.73. The third-order valence-electron chi connectivity index (χ3n) is 4.36. The summed E-state index contributed by atoms with van der Waals surface area (Å²) in [6.07, 6.45) is -1.75. The molecule has 17 heavy (non-hydrogen) atoms. The molecule has 2 aliphatic heterocycles. The van der Waals surface area contributed by atoms with Crippen molar-refractivity contribution >= 4 is 0 Å². The van der Waals surface area contributed by atoms with Gasteiger partial charge in [-0.05, 0) is 46.2 Å². The van der Waals surface area contributed by atoms with Gasteiger partial charge in [-0.15, -0.1) is 0 Å². The second-order valence-electron chi connectivity index (χ2n) is 5.73. The molecule has 0 amide bonds. The maximum absolute atomic E-state index is 13.0. The summed E-state index contributed by atoms with van der Waals surface area (Å²) in [5.74, 6) is -1.18. The Hall–Kier alpha value is -0.290. The first-order chi connectivity index (χ1) is 7.83. The van der Waals surface area contributed by atoms with Crippen molar-refractivity contribution in [3.63, 3.8) is 0 Å². The van der Waals surface area contributed by atoms with E-state index >= 15 is 0 Å². The molecule has 0 saturated carbocycles. The van der Waals surface area contributed by atoms with Crippen molar-refractivity contribution in [1.29, 1.82) is 0 Å². The van der Waals surface area contributed by atoms with Gasteiger partial charge in [-0.3, -0.25) is 4.90 Å². The molecule has 2 rings (SSSR count). The zero-order chi connectivity index (χ0) is 12.7. The molecule has 0 aromatic carbocycles. The van der Waals surface area contributed by atoms with E-state index in [4.69, 9.17) is 0 Å². The normalized spacial score (nSPS) is 35.1. The minimum Gasteiger partial charge on any atom is -0.315 e. The average Bonchev–Trinajstić information content (AvgIpc) is 2.54. The van der Waals surface area contributed by atoms with Crippen LogP contribution in [0.2, 0.25) is 0 Å². The highest BCUT2D eigenvalue weighted by atomic mass is 19.4. The summed E-state index contributed by atoms with van der Waals surface area (Å²) in [5, 5.41) is 3.28. The van der Waals surface area contributed by atoms with Crippen LogP contribution in [0.25, 0.3) is 0 Å². The number of rotatable bonds is 1. The van der Waals surface area contributed by atoms with Gasteiger partial charge in [0.2, 0.25) is 0 Å². The van der Waals surface area contributed by atoms with Crippen molar-refractivity contribution in [2.45, 2.75) is 50.9 Å². The molecule has 2 unspecified atom stereocenters. The van der Waals surface area contributed by atoms with Crippen molar-refractivity contribution in [3.05, 3.63) is 0 Å². The Morgan fingerprint density at radius 2 is 1.94 bits per heavy atom. The number of nitrogens with zero attached hydrogens (tertiary/aromatic N) is 1. The van der Waals surface area contributed by atoms with E-state index in [1.54, 1.807) is 13.8 Å². The quantitative estimate of drug-likeness (QED) is 0.768. The SMILES string of the molecule is CC1(C)C(C(F)(F)F)CCN1C1CCCNC1. The highest BCUT2D eigenvalue weighted by Gasteiger charge is 2.56. The summed E-state index contributed by atoms with van der Waals surface area (Å²) in [6.45, 7) is 5.88. The number of hydrogen-bond donors (Lipinski definition) is 1. The molecular formula is C12H21F3N2. The first-order valence-electron chi connectivity index (χ1n) is 6.37. The third kappa shape index (κ3) is 2.45. The van der Waals surface area contributed by atoms with E-state index in [0.29, 0.717) is 6.54 Å². The molecule has 0 bridgehead atoms. The van der Waals surface area contributed by atoms with Crippen LogP contribution in [0.5, 0.6) is 0 Å². The van der Waals surface area contributed by atoms with Gasteiger partial charge in [-0.25, -0.2) is 0 Å². The van der Waals surface area contributed by atoms with Crippen molar-refractivity contribution < 1.29 is 13.2 Å². The molecule has 0 aromatic rings. The standard InChI is InChI=1S/C12H21F3N2/c1-11(2)10(12(13,14)15)5-7-17(11)9-4-3-6-16-8-9/h9-10,16H,3-8H2,1-2H3. The maximum atomic E-state index is 13.0. The van der Waals surface area contributed by atoms with Crippen LogP contribution < -0.4 is 5.32 Å². The minimum atomic E-state index is -4.07. The van der Waals surface area contributed by atoms with Crippen molar-refractivity contribution in [2.24, 2.45) is 5.92 Å². The first-order valence-corrected chi connectivity index (χ1v) is 6.37. The average molecular weight is 250 g/mol. The third-order valence-corrected chi connectivity index (χ3v) is 4.36. The predicted octanol–water partition coefficient (Wildman–Crippen LogP) is 2.40. The van der Waals surface area contributed by atoms with E-state index in [2.05, 4.69) is 10.2 Å². The largest absolute Gasteiger partial charge is 0.393 e. The zero-order valence-electron chi connectivity index (χ0n) is 10.5. The molecule has 2 fully saturated rings. The molecule has 0 aliphatic carbocycles. The van der Waals surface area contributed by atoms with E-state index in [1.165, 1.54) is 0 Å². The second kappa shape index (κ2) is 4.43. The van der Waals surface area contributed by atoms with Crippen LogP contribution in [0, 0.1) is 5.92 Å². The maximum Gasteiger partial charge on any atom is 0.393 e. The van der Waals surface area contributed by atoms with Crippen LogP contribution >= 0.6 is 0 Å². The summed E-state index contributed by atoms with van der Waals surface area (Å²) in [7, 11) is 0. The number of likely N-dealkylation sites (tertiary alicyclic amines) is 1. The van der Waals surface area contributed by atoms with Gasteiger partial charge < -0.3 is 5.32 Å². The van der Waals surface area contributed by atoms with E-state index < -0.39 is 17.6 Å². The molecular weight excluding hydrogens is 229 g/mol. The monoisotopic (exact) mass is 250 g/mol. The van der Waals surface area contributed by atoms with Gasteiger partial charge in [0, 0.05) is 18.1 Å². The summed E-state index contributed by atoms with van der Waals surface area (Å²) < 4.78 is 38.9. The number of piperidine rings is 1.